The molecule has 0 saturated carbocycles. The highest BCUT2D eigenvalue weighted by atomic mass is 16.5. The minimum Gasteiger partial charge on any atom is -0.396 e. The van der Waals surface area contributed by atoms with Gasteiger partial charge in [-0.05, 0) is 37.6 Å². The third kappa shape index (κ3) is 2.66. The zero-order valence-corrected chi connectivity index (χ0v) is 8.46. The molecule has 0 spiro atoms. The molecule has 0 aromatic rings. The van der Waals surface area contributed by atoms with Crippen LogP contribution < -0.4 is 5.73 Å². The molecule has 3 nitrogen and oxygen atoms in total. The second kappa shape index (κ2) is 4.94. The molecule has 0 bridgehead atoms. The summed E-state index contributed by atoms with van der Waals surface area (Å²) in [6.45, 7) is 3.85. The molecule has 0 radical (unpaired) electrons. The second-order valence-electron chi connectivity index (χ2n) is 4.03. The molecule has 1 fully saturated rings. The summed E-state index contributed by atoms with van der Waals surface area (Å²) >= 11 is 0. The van der Waals surface area contributed by atoms with Gasteiger partial charge < -0.3 is 15.6 Å². The molecule has 2 atom stereocenters. The molecule has 1 rings (SSSR count). The Morgan fingerprint density at radius 1 is 1.62 bits per heavy atom. The fraction of sp³-hybridized carbons (Fsp3) is 1.00. The van der Waals surface area contributed by atoms with Gasteiger partial charge >= 0.3 is 0 Å². The average molecular weight is 187 g/mol. The van der Waals surface area contributed by atoms with Crippen LogP contribution in [0.1, 0.15) is 32.6 Å². The molecule has 1 aliphatic rings. The first-order valence-electron chi connectivity index (χ1n) is 5.19. The van der Waals surface area contributed by atoms with Gasteiger partial charge in [-0.2, -0.15) is 0 Å². The summed E-state index contributed by atoms with van der Waals surface area (Å²) < 4.78 is 5.59. The van der Waals surface area contributed by atoms with Gasteiger partial charge in [0.25, 0.3) is 0 Å². The molecule has 1 heterocycles. The Hall–Kier alpha value is -0.120. The van der Waals surface area contributed by atoms with E-state index >= 15 is 0 Å². The first kappa shape index (κ1) is 11.0. The highest BCUT2D eigenvalue weighted by Crippen LogP contribution is 2.36. The predicted molar refractivity (Wildman–Crippen MR) is 52.5 cm³/mol. The Morgan fingerprint density at radius 3 is 2.92 bits per heavy atom. The van der Waals surface area contributed by atoms with E-state index in [1.807, 2.05) is 0 Å². The van der Waals surface area contributed by atoms with Crippen LogP contribution in [0.25, 0.3) is 0 Å². The first-order valence-corrected chi connectivity index (χ1v) is 5.19. The Bertz CT molecular complexity index is 148. The Labute approximate surface area is 80.3 Å². The molecule has 0 amide bonds. The van der Waals surface area contributed by atoms with Crippen molar-refractivity contribution in [1.82, 2.24) is 0 Å². The number of nitrogens with two attached hydrogens (primary N) is 1. The van der Waals surface area contributed by atoms with Crippen LogP contribution >= 0.6 is 0 Å². The van der Waals surface area contributed by atoms with E-state index in [9.17, 15) is 0 Å². The van der Waals surface area contributed by atoms with E-state index in [2.05, 4.69) is 6.92 Å². The van der Waals surface area contributed by atoms with Crippen molar-refractivity contribution in [1.29, 1.82) is 0 Å². The van der Waals surface area contributed by atoms with E-state index < -0.39 is 0 Å². The maximum atomic E-state index is 8.98. The zero-order valence-electron chi connectivity index (χ0n) is 8.46. The van der Waals surface area contributed by atoms with Crippen molar-refractivity contribution in [3.05, 3.63) is 0 Å². The van der Waals surface area contributed by atoms with Crippen molar-refractivity contribution in [2.75, 3.05) is 19.8 Å². The van der Waals surface area contributed by atoms with Gasteiger partial charge in [-0.25, -0.2) is 0 Å². The summed E-state index contributed by atoms with van der Waals surface area (Å²) in [6.07, 6.45) is 4.24. The average Bonchev–Trinajstić information content (AvgIpc) is 2.19. The van der Waals surface area contributed by atoms with Gasteiger partial charge in [-0.15, -0.1) is 0 Å². The van der Waals surface area contributed by atoms with Crippen molar-refractivity contribution in [2.45, 2.75) is 38.7 Å². The lowest BCUT2D eigenvalue weighted by Crippen LogP contribution is -2.41. The Morgan fingerprint density at radius 2 is 2.38 bits per heavy atom. The molecule has 0 aromatic heterocycles. The van der Waals surface area contributed by atoms with Crippen LogP contribution in [-0.4, -0.2) is 31.0 Å². The van der Waals surface area contributed by atoms with E-state index in [0.717, 1.165) is 32.3 Å². The third-order valence-corrected chi connectivity index (χ3v) is 3.18. The maximum absolute atomic E-state index is 8.98. The topological polar surface area (TPSA) is 55.5 Å². The zero-order chi connectivity index (χ0) is 9.73. The molecule has 2 unspecified atom stereocenters. The van der Waals surface area contributed by atoms with Crippen LogP contribution in [0.4, 0.5) is 0 Å². The van der Waals surface area contributed by atoms with E-state index in [-0.39, 0.29) is 12.0 Å². The van der Waals surface area contributed by atoms with Crippen molar-refractivity contribution < 1.29 is 9.84 Å². The van der Waals surface area contributed by atoms with Gasteiger partial charge in [0.1, 0.15) is 0 Å². The van der Waals surface area contributed by atoms with Gasteiger partial charge in [-0.3, -0.25) is 0 Å². The van der Waals surface area contributed by atoms with E-state index in [0.29, 0.717) is 12.6 Å². The lowest BCUT2D eigenvalue weighted by atomic mass is 9.75. The van der Waals surface area contributed by atoms with Gasteiger partial charge in [0, 0.05) is 13.2 Å². The van der Waals surface area contributed by atoms with E-state index in [1.165, 1.54) is 0 Å². The molecule has 78 valence electrons. The fourth-order valence-corrected chi connectivity index (χ4v) is 2.10. The Balaban J connectivity index is 2.53. The summed E-state index contributed by atoms with van der Waals surface area (Å²) in [5.41, 5.74) is 5.92. The highest BCUT2D eigenvalue weighted by Gasteiger charge is 2.34. The molecule has 1 saturated heterocycles. The molecular formula is C10H21NO2. The van der Waals surface area contributed by atoms with Gasteiger partial charge in [0.2, 0.25) is 0 Å². The number of hydrogen-bond donors (Lipinski definition) is 2. The molecule has 3 N–H and O–H groups in total. The normalized spacial score (nSPS) is 34.8. The smallest absolute Gasteiger partial charge is 0.0578 e. The monoisotopic (exact) mass is 187 g/mol. The summed E-state index contributed by atoms with van der Waals surface area (Å²) in [5, 5.41) is 8.98. The lowest BCUT2D eigenvalue weighted by Gasteiger charge is -2.39. The number of aliphatic hydroxyl groups is 1. The summed E-state index contributed by atoms with van der Waals surface area (Å²) in [4.78, 5) is 0. The van der Waals surface area contributed by atoms with Crippen LogP contribution in [0.3, 0.4) is 0 Å². The minimum atomic E-state index is 0.147. The highest BCUT2D eigenvalue weighted by molar-refractivity contribution is 4.86. The van der Waals surface area contributed by atoms with Crippen LogP contribution in [0.15, 0.2) is 0 Å². The first-order chi connectivity index (χ1) is 6.26. The summed E-state index contributed by atoms with van der Waals surface area (Å²) in [5.74, 6) is 0. The number of aliphatic hydroxyl groups excluding tert-OH is 1. The number of ether oxygens (including phenoxy) is 1. The van der Waals surface area contributed by atoms with Crippen molar-refractivity contribution in [3.63, 3.8) is 0 Å². The molecule has 13 heavy (non-hydrogen) atoms. The van der Waals surface area contributed by atoms with Gasteiger partial charge in [0.15, 0.2) is 0 Å². The maximum Gasteiger partial charge on any atom is 0.0578 e. The molecule has 0 aromatic carbocycles. The third-order valence-electron chi connectivity index (χ3n) is 3.18. The largest absolute Gasteiger partial charge is 0.396 e. The lowest BCUT2D eigenvalue weighted by molar-refractivity contribution is -0.0538. The van der Waals surface area contributed by atoms with Crippen LogP contribution in [-0.2, 0) is 4.74 Å². The Kier molecular flexibility index (Phi) is 4.16. The van der Waals surface area contributed by atoms with Gasteiger partial charge in [-0.1, -0.05) is 6.92 Å². The summed E-state index contributed by atoms with van der Waals surface area (Å²) in [6, 6.07) is 0. The van der Waals surface area contributed by atoms with Crippen molar-refractivity contribution in [2.24, 2.45) is 11.1 Å². The van der Waals surface area contributed by atoms with Crippen molar-refractivity contribution in [3.8, 4) is 0 Å². The number of rotatable bonds is 4. The molecule has 1 aliphatic heterocycles. The standard InChI is InChI=1S/C10H21NO2/c1-2-9-7-10(8-11,3-5-12)4-6-13-9/h9,12H,2-8,11H2,1H3. The van der Waals surface area contributed by atoms with Crippen LogP contribution in [0, 0.1) is 5.41 Å². The molecular weight excluding hydrogens is 166 g/mol. The van der Waals surface area contributed by atoms with Crippen molar-refractivity contribution >= 4 is 0 Å². The van der Waals surface area contributed by atoms with Crippen LogP contribution in [0.2, 0.25) is 0 Å². The minimum absolute atomic E-state index is 0.147. The van der Waals surface area contributed by atoms with E-state index in [1.54, 1.807) is 0 Å². The predicted octanol–water partition coefficient (Wildman–Crippen LogP) is 0.903. The second-order valence-corrected chi connectivity index (χ2v) is 4.03. The quantitative estimate of drug-likeness (QED) is 0.687. The molecule has 3 heteroatoms. The van der Waals surface area contributed by atoms with Crippen LogP contribution in [0.5, 0.6) is 0 Å². The summed E-state index contributed by atoms with van der Waals surface area (Å²) in [7, 11) is 0. The SMILES string of the molecule is CCC1CC(CN)(CCO)CCO1. The van der Waals surface area contributed by atoms with Gasteiger partial charge in [0.05, 0.1) is 6.10 Å². The van der Waals surface area contributed by atoms with E-state index in [4.69, 9.17) is 15.6 Å². The number of hydrogen-bond acceptors (Lipinski definition) is 3. The molecule has 0 aliphatic carbocycles. The fourth-order valence-electron chi connectivity index (χ4n) is 2.10.